The normalized spacial score (nSPS) is 11.7. The molecule has 0 saturated carbocycles. The fraction of sp³-hybridized carbons (Fsp3) is 0.222. The number of hydrogen-bond donors (Lipinski definition) is 1. The van der Waals surface area contributed by atoms with E-state index in [-0.39, 0.29) is 22.8 Å². The molecule has 0 spiro atoms. The topological polar surface area (TPSA) is 103 Å². The van der Waals surface area contributed by atoms with Crippen molar-refractivity contribution in [3.05, 3.63) is 71.7 Å². The van der Waals surface area contributed by atoms with Gasteiger partial charge in [-0.25, -0.2) is 22.9 Å². The van der Waals surface area contributed by atoms with E-state index in [2.05, 4.69) is 9.71 Å². The monoisotopic (exact) mass is 425 g/mol. The van der Waals surface area contributed by atoms with E-state index in [4.69, 9.17) is 9.15 Å². The molecule has 3 rings (SSSR count). The van der Waals surface area contributed by atoms with Crippen molar-refractivity contribution in [2.45, 2.75) is 31.5 Å². The van der Waals surface area contributed by atoms with Gasteiger partial charge in [0.1, 0.15) is 12.4 Å². The number of rotatable bonds is 8. The van der Waals surface area contributed by atoms with Gasteiger partial charge in [0, 0.05) is 12.4 Å². The van der Waals surface area contributed by atoms with Crippen molar-refractivity contribution in [3.63, 3.8) is 0 Å². The second-order valence-electron chi connectivity index (χ2n) is 5.99. The highest BCUT2D eigenvalue weighted by Gasteiger charge is 2.20. The van der Waals surface area contributed by atoms with Gasteiger partial charge in [0.05, 0.1) is 23.3 Å². The van der Waals surface area contributed by atoms with Crippen LogP contribution in [0.1, 0.15) is 34.1 Å². The number of nitrogens with zero attached hydrogens (tertiary/aromatic N) is 2. The van der Waals surface area contributed by atoms with Crippen LogP contribution in [0.15, 0.2) is 58.3 Å². The number of imidazole rings is 1. The van der Waals surface area contributed by atoms with E-state index < -0.39 is 29.1 Å². The van der Waals surface area contributed by atoms with E-state index >= 15 is 0 Å². The van der Waals surface area contributed by atoms with Gasteiger partial charge in [-0.1, -0.05) is 6.07 Å². The Morgan fingerprint density at radius 3 is 2.83 bits per heavy atom. The van der Waals surface area contributed by atoms with E-state index in [1.807, 2.05) is 0 Å². The number of carbonyl (C=O) groups is 1. The van der Waals surface area contributed by atoms with Gasteiger partial charge < -0.3 is 9.15 Å². The van der Waals surface area contributed by atoms with Crippen molar-refractivity contribution in [3.8, 4) is 0 Å². The molecule has 0 aliphatic carbocycles. The first-order chi connectivity index (χ1) is 13.8. The molecule has 1 aromatic carbocycles. The molecule has 29 heavy (non-hydrogen) atoms. The number of nitrogens with one attached hydrogen (secondary N) is 1. The van der Waals surface area contributed by atoms with Crippen molar-refractivity contribution in [2.75, 3.05) is 0 Å². The number of ether oxygens (including phenoxy) is 1. The lowest BCUT2D eigenvalue weighted by atomic mass is 10.1. The third-order valence-corrected chi connectivity index (χ3v) is 5.45. The Balaban J connectivity index is 1.74. The van der Waals surface area contributed by atoms with Crippen molar-refractivity contribution < 1.29 is 31.1 Å². The number of aryl methyl sites for hydroxylation is 1. The molecule has 0 aliphatic rings. The smallest absolute Gasteiger partial charge is 0.338 e. The van der Waals surface area contributed by atoms with Gasteiger partial charge in [-0.05, 0) is 36.8 Å². The third kappa shape index (κ3) is 4.87. The zero-order chi connectivity index (χ0) is 21.0. The first-order valence-electron chi connectivity index (χ1n) is 8.37. The average Bonchev–Trinajstić information content (AvgIpc) is 3.36. The van der Waals surface area contributed by atoms with E-state index in [9.17, 15) is 22.0 Å². The van der Waals surface area contributed by atoms with Crippen LogP contribution in [-0.2, 0) is 27.9 Å². The molecule has 3 aromatic rings. The van der Waals surface area contributed by atoms with Crippen molar-refractivity contribution in [1.29, 1.82) is 0 Å². The molecule has 0 atom stereocenters. The summed E-state index contributed by atoms with van der Waals surface area (Å²) in [6.07, 6.45) is 3.65. The standard InChI is InChI=1S/C18H17F2N3O5S/c1-12-4-5-14(29(25,26)22-10-13-3-2-8-27-13)9-15(12)17(24)28-11-16-21-6-7-23(16)18(19)20/h2-9,18,22H,10-11H2,1H3. The summed E-state index contributed by atoms with van der Waals surface area (Å²) in [5.74, 6) is -0.556. The van der Waals surface area contributed by atoms with E-state index in [1.54, 1.807) is 19.1 Å². The number of benzene rings is 1. The van der Waals surface area contributed by atoms with E-state index in [0.717, 1.165) is 6.20 Å². The maximum Gasteiger partial charge on any atom is 0.338 e. The summed E-state index contributed by atoms with van der Waals surface area (Å²) in [4.78, 5) is 16.0. The quantitative estimate of drug-likeness (QED) is 0.557. The number of aromatic nitrogens is 2. The zero-order valence-corrected chi connectivity index (χ0v) is 16.0. The lowest BCUT2D eigenvalue weighted by Crippen LogP contribution is -2.23. The number of sulfonamides is 1. The largest absolute Gasteiger partial charge is 0.468 e. The van der Waals surface area contributed by atoms with Gasteiger partial charge in [-0.15, -0.1) is 0 Å². The summed E-state index contributed by atoms with van der Waals surface area (Å²) >= 11 is 0. The third-order valence-electron chi connectivity index (χ3n) is 4.05. The van der Waals surface area contributed by atoms with Crippen LogP contribution in [0.5, 0.6) is 0 Å². The van der Waals surface area contributed by atoms with E-state index in [0.29, 0.717) is 15.9 Å². The van der Waals surface area contributed by atoms with Crippen LogP contribution in [0.3, 0.4) is 0 Å². The van der Waals surface area contributed by atoms with Crippen LogP contribution in [0.4, 0.5) is 8.78 Å². The molecule has 2 aromatic heterocycles. The van der Waals surface area contributed by atoms with Crippen molar-refractivity contribution in [1.82, 2.24) is 14.3 Å². The molecule has 1 N–H and O–H groups in total. The molecule has 0 bridgehead atoms. The fourth-order valence-corrected chi connectivity index (χ4v) is 3.51. The van der Waals surface area contributed by atoms with Gasteiger partial charge in [0.25, 0.3) is 0 Å². The van der Waals surface area contributed by atoms with Crippen LogP contribution in [0, 0.1) is 6.92 Å². The summed E-state index contributed by atoms with van der Waals surface area (Å²) in [5, 5.41) is 0. The summed E-state index contributed by atoms with van der Waals surface area (Å²) in [5.41, 5.74) is 0.471. The first kappa shape index (κ1) is 20.7. The van der Waals surface area contributed by atoms with Gasteiger partial charge in [0.2, 0.25) is 10.0 Å². The van der Waals surface area contributed by atoms with Gasteiger partial charge in [0.15, 0.2) is 5.82 Å². The maximum atomic E-state index is 12.8. The number of hydrogen-bond acceptors (Lipinski definition) is 6. The van der Waals surface area contributed by atoms with Crippen molar-refractivity contribution >= 4 is 16.0 Å². The molecule has 8 nitrogen and oxygen atoms in total. The Bertz CT molecular complexity index is 1090. The van der Waals surface area contributed by atoms with Gasteiger partial charge in [-0.2, -0.15) is 8.78 Å². The molecular weight excluding hydrogens is 408 g/mol. The van der Waals surface area contributed by atoms with Crippen LogP contribution < -0.4 is 4.72 Å². The molecule has 0 unspecified atom stereocenters. The van der Waals surface area contributed by atoms with Crippen molar-refractivity contribution in [2.24, 2.45) is 0 Å². The summed E-state index contributed by atoms with van der Waals surface area (Å²) in [6, 6.07) is 7.21. The Hall–Kier alpha value is -3.05. The molecule has 154 valence electrons. The summed E-state index contributed by atoms with van der Waals surface area (Å²) in [6.45, 7) is -1.76. The Labute approximate surface area is 165 Å². The molecule has 0 radical (unpaired) electrons. The minimum atomic E-state index is -3.92. The molecule has 0 amide bonds. The lowest BCUT2D eigenvalue weighted by Gasteiger charge is -2.11. The highest BCUT2D eigenvalue weighted by Crippen LogP contribution is 2.19. The summed E-state index contributed by atoms with van der Waals surface area (Å²) in [7, 11) is -3.92. The average molecular weight is 425 g/mol. The number of carbonyl (C=O) groups excluding carboxylic acids is 1. The predicted octanol–water partition coefficient (Wildman–Crippen LogP) is 3.02. The second-order valence-corrected chi connectivity index (χ2v) is 7.75. The van der Waals surface area contributed by atoms with E-state index in [1.165, 1.54) is 30.7 Å². The lowest BCUT2D eigenvalue weighted by molar-refractivity contribution is 0.0375. The number of halogens is 2. The SMILES string of the molecule is Cc1ccc(S(=O)(=O)NCc2ccco2)cc1C(=O)OCc1nccn1C(F)F. The van der Waals surface area contributed by atoms with Crippen LogP contribution in [0.25, 0.3) is 0 Å². The molecule has 0 fully saturated rings. The number of furan rings is 1. The number of esters is 1. The predicted molar refractivity (Wildman–Crippen MR) is 96.5 cm³/mol. The Kier molecular flexibility index (Phi) is 6.09. The Morgan fingerprint density at radius 2 is 2.14 bits per heavy atom. The maximum absolute atomic E-state index is 12.8. The Morgan fingerprint density at radius 1 is 1.34 bits per heavy atom. The highest BCUT2D eigenvalue weighted by molar-refractivity contribution is 7.89. The fourth-order valence-electron chi connectivity index (χ4n) is 2.49. The van der Waals surface area contributed by atoms with Gasteiger partial charge in [-0.3, -0.25) is 4.57 Å². The molecule has 2 heterocycles. The second kappa shape index (κ2) is 8.53. The molecule has 11 heteroatoms. The molecule has 0 saturated heterocycles. The van der Waals surface area contributed by atoms with Crippen LogP contribution in [-0.4, -0.2) is 23.9 Å². The number of alkyl halides is 2. The summed E-state index contributed by atoms with van der Waals surface area (Å²) < 4.78 is 63.7. The first-order valence-corrected chi connectivity index (χ1v) is 9.86. The zero-order valence-electron chi connectivity index (χ0n) is 15.2. The van der Waals surface area contributed by atoms with Crippen LogP contribution >= 0.6 is 0 Å². The highest BCUT2D eigenvalue weighted by atomic mass is 32.2. The van der Waals surface area contributed by atoms with Gasteiger partial charge >= 0.3 is 12.5 Å². The minimum Gasteiger partial charge on any atom is -0.468 e. The minimum absolute atomic E-state index is 0.000951. The molecular formula is C18H17F2N3O5S. The van der Waals surface area contributed by atoms with Crippen LogP contribution in [0.2, 0.25) is 0 Å². The molecule has 0 aliphatic heterocycles.